The van der Waals surface area contributed by atoms with Crippen molar-refractivity contribution in [1.82, 2.24) is 15.2 Å². The Bertz CT molecular complexity index is 4120. The van der Waals surface area contributed by atoms with Crippen LogP contribution in [0, 0.1) is 18.8 Å². The number of benzene rings is 7. The van der Waals surface area contributed by atoms with Gasteiger partial charge in [-0.15, -0.1) is 65.6 Å². The van der Waals surface area contributed by atoms with E-state index in [1.807, 2.05) is 102 Å². The third kappa shape index (κ3) is 10.1. The topological polar surface area (TPSA) is 51.2 Å². The fourth-order valence-corrected chi connectivity index (χ4v) is 10.9. The Kier molecular flexibility index (Phi) is 13.0. The second-order valence-electron chi connectivity index (χ2n) is 20.0. The molecular formula is C68H60B2N7OPt+. The van der Waals surface area contributed by atoms with Crippen molar-refractivity contribution < 1.29 is 35.4 Å². The van der Waals surface area contributed by atoms with Crippen LogP contribution in [0.25, 0.3) is 43.9 Å². The first-order valence-corrected chi connectivity index (χ1v) is 26.3. The molecule has 1 aromatic heterocycles. The summed E-state index contributed by atoms with van der Waals surface area (Å²) >= 11 is 0. The Balaban J connectivity index is 0.00000768. The quantitative estimate of drug-likeness (QED) is 0.105. The van der Waals surface area contributed by atoms with Gasteiger partial charge in [0.15, 0.2) is 20.8 Å². The number of ether oxygens (including phenoxy) is 1. The van der Waals surface area contributed by atoms with Crippen molar-refractivity contribution in [2.45, 2.75) is 45.8 Å². The van der Waals surface area contributed by atoms with E-state index in [1.165, 1.54) is 16.0 Å². The summed E-state index contributed by atoms with van der Waals surface area (Å²) in [6, 6.07) is 42.0. The monoisotopic (exact) mass is 1210 g/mol. The summed E-state index contributed by atoms with van der Waals surface area (Å²) in [5.41, 5.74) is 13.3. The van der Waals surface area contributed by atoms with Gasteiger partial charge >= 0.3 is 21.1 Å². The molecule has 2 N–H and O–H groups in total. The van der Waals surface area contributed by atoms with Crippen molar-refractivity contribution >= 4 is 81.4 Å². The Morgan fingerprint density at radius 2 is 1.22 bits per heavy atom. The van der Waals surface area contributed by atoms with Crippen LogP contribution < -0.4 is 35.0 Å². The van der Waals surface area contributed by atoms with Crippen molar-refractivity contribution in [3.63, 3.8) is 0 Å². The molecule has 1 atom stereocenters. The zero-order valence-electron chi connectivity index (χ0n) is 51.4. The predicted molar refractivity (Wildman–Crippen MR) is 330 cm³/mol. The van der Waals surface area contributed by atoms with E-state index >= 15 is 0 Å². The van der Waals surface area contributed by atoms with Gasteiger partial charge in [-0.25, -0.2) is 0 Å². The van der Waals surface area contributed by atoms with E-state index in [0.29, 0.717) is 33.7 Å². The molecule has 0 fully saturated rings. The first kappa shape index (κ1) is 44.6. The minimum Gasteiger partial charge on any atom is -0.509 e. The van der Waals surface area contributed by atoms with Crippen molar-refractivity contribution in [1.29, 1.82) is 0 Å². The maximum absolute atomic E-state index is 9.38. The Labute approximate surface area is 491 Å². The summed E-state index contributed by atoms with van der Waals surface area (Å²) in [5.74, 6) is 5.03. The summed E-state index contributed by atoms with van der Waals surface area (Å²) in [6.45, 7) is 8.28. The van der Waals surface area contributed by atoms with Crippen LogP contribution in [0.3, 0.4) is 0 Å². The molecule has 4 aliphatic heterocycles. The zero-order chi connectivity index (χ0) is 59.3. The molecule has 388 valence electrons. The maximum atomic E-state index is 9.38. The molecule has 0 amide bonds. The summed E-state index contributed by atoms with van der Waals surface area (Å²) in [6.07, 6.45) is 22.6. The molecule has 7 aromatic carbocycles. The molecule has 0 saturated heterocycles. The number of rotatable bonds is 10. The number of hydrogen-bond acceptors (Lipinski definition) is 7. The molecule has 0 spiro atoms. The number of nitrogens with zero attached hydrogens (tertiary/aromatic N) is 5. The van der Waals surface area contributed by atoms with Gasteiger partial charge in [0.2, 0.25) is 0 Å². The van der Waals surface area contributed by atoms with Crippen LogP contribution >= 0.6 is 0 Å². The van der Waals surface area contributed by atoms with Gasteiger partial charge in [-0.1, -0.05) is 147 Å². The van der Waals surface area contributed by atoms with Gasteiger partial charge in [-0.2, -0.15) is 6.07 Å². The van der Waals surface area contributed by atoms with Gasteiger partial charge in [-0.05, 0) is 99.7 Å². The SMILES string of the molecule is [2H]c1c([2H])c([2H])c2c(c1[2H])c1ccc(Oc3[c-]c(N4[CH-]N(c5c(/C6=C/C=C\N/C=C\C=C/[B]6)cccc5/C5=C/C=C\N/C=C\C=C/[B]5)c5ccccc54)cc(-c4c(C(C)C)cccc4C(C)C)c3)[c-]c1n2C1N(C)c2ccccc2N1C([2H])([2H])[2H].[Pt+4]. The summed E-state index contributed by atoms with van der Waals surface area (Å²) in [4.78, 5) is 7.55. The first-order chi connectivity index (χ1) is 41.1. The van der Waals surface area contributed by atoms with Gasteiger partial charge in [0, 0.05) is 77.0 Å². The van der Waals surface area contributed by atoms with Gasteiger partial charge in [0.1, 0.15) is 0 Å². The number of nitrogens with one attached hydrogen (secondary N) is 2. The van der Waals surface area contributed by atoms with E-state index in [9.17, 15) is 2.74 Å². The Morgan fingerprint density at radius 1 is 0.620 bits per heavy atom. The molecule has 5 heterocycles. The van der Waals surface area contributed by atoms with Crippen LogP contribution in [-0.4, -0.2) is 33.1 Å². The fourth-order valence-electron chi connectivity index (χ4n) is 10.9. The maximum Gasteiger partial charge on any atom is 4.00 e. The summed E-state index contributed by atoms with van der Waals surface area (Å²) in [5, 5.41) is 7.14. The molecule has 0 aliphatic carbocycles. The number of aromatic nitrogens is 1. The fraction of sp³-hybridized carbons (Fsp3) is 0.132. The number of fused-ring (bicyclic) bond motifs is 5. The third-order valence-electron chi connectivity index (χ3n) is 14.5. The first-order valence-electron chi connectivity index (χ1n) is 29.8. The van der Waals surface area contributed by atoms with Gasteiger partial charge < -0.3 is 39.5 Å². The third-order valence-corrected chi connectivity index (χ3v) is 14.5. The minimum absolute atomic E-state index is 0. The van der Waals surface area contributed by atoms with E-state index in [-0.39, 0.29) is 61.6 Å². The Hall–Kier alpha value is -8.32. The smallest absolute Gasteiger partial charge is 0.509 e. The predicted octanol–water partition coefficient (Wildman–Crippen LogP) is 15.9. The summed E-state index contributed by atoms with van der Waals surface area (Å²) < 4.78 is 71.8. The van der Waals surface area contributed by atoms with Gasteiger partial charge in [-0.3, -0.25) is 0 Å². The molecule has 12 rings (SSSR count). The number of anilines is 6. The molecule has 8 aromatic rings. The molecular weight excluding hydrogens is 1150 g/mol. The van der Waals surface area contributed by atoms with Crippen molar-refractivity contribution in [3.8, 4) is 22.6 Å². The van der Waals surface area contributed by atoms with E-state index in [1.54, 1.807) is 35.9 Å². The standard InChI is InChI=1S/C68H60B2N7O.Pt/c1-46(2)52-22-17-23-53(47(3)4)66(52)48-41-49(43-51(42-48)78-50-33-34-55-54-21-7-8-28-60(54)77(65(55)44-50)68-73(5)61-29-9-10-30-62(61)74(68)6)75-45-76(64-32-12-11-31-63(64)75)67-56(58-26-19-39-71-37-15-13-35-69-58)24-18-25-57(67)59-27-20-40-72-38-16-14-36-70-59;/h7-42,45-47,68,71-72H,1-6H3;/q-3;+4/b35-13-,36-14-,37-15-,38-16-,39-19-,40-20-,58-26-,59-27-;/i5D3,7D,8D,21D,28D;. The van der Waals surface area contributed by atoms with Gasteiger partial charge in [0.25, 0.3) is 0 Å². The van der Waals surface area contributed by atoms with Crippen LogP contribution in [0.1, 0.15) is 77.7 Å². The molecule has 0 bridgehead atoms. The molecule has 11 heteroatoms. The van der Waals surface area contributed by atoms with Crippen LogP contribution in [0.2, 0.25) is 0 Å². The Morgan fingerprint density at radius 3 is 1.86 bits per heavy atom. The van der Waals surface area contributed by atoms with E-state index in [0.717, 1.165) is 50.3 Å². The average Bonchev–Trinajstić information content (AvgIpc) is 1.60. The molecule has 4 aliphatic rings. The normalized spacial score (nSPS) is 21.0. The van der Waals surface area contributed by atoms with Crippen molar-refractivity contribution in [3.05, 3.63) is 260 Å². The van der Waals surface area contributed by atoms with Crippen molar-refractivity contribution in [2.24, 2.45) is 0 Å². The van der Waals surface area contributed by atoms with Crippen molar-refractivity contribution in [2.75, 3.05) is 33.6 Å². The van der Waals surface area contributed by atoms with Crippen LogP contribution in [0.15, 0.2) is 219 Å². The number of hydrogen-bond donors (Lipinski definition) is 2. The number of para-hydroxylation sites is 6. The number of allylic oxidation sites excluding steroid dienone is 8. The molecule has 1 unspecified atom stereocenters. The van der Waals surface area contributed by atoms with Crippen LogP contribution in [0.5, 0.6) is 11.5 Å². The second-order valence-corrected chi connectivity index (χ2v) is 20.0. The van der Waals surface area contributed by atoms with Gasteiger partial charge in [0.05, 0.1) is 16.9 Å². The average molecular weight is 1220 g/mol. The molecule has 0 saturated carbocycles. The van der Waals surface area contributed by atoms with E-state index in [2.05, 4.69) is 154 Å². The minimum atomic E-state index is -2.67. The largest absolute Gasteiger partial charge is 4.00 e. The van der Waals surface area contributed by atoms with Crippen LogP contribution in [-0.2, 0) is 21.1 Å². The van der Waals surface area contributed by atoms with E-state index < -0.39 is 25.4 Å². The zero-order valence-corrected chi connectivity index (χ0v) is 46.7. The second kappa shape index (κ2) is 22.9. The summed E-state index contributed by atoms with van der Waals surface area (Å²) in [7, 11) is 6.04. The molecule has 2 radical (unpaired) electrons. The van der Waals surface area contributed by atoms with Crippen LogP contribution in [0.4, 0.5) is 34.1 Å². The van der Waals surface area contributed by atoms with E-state index in [4.69, 9.17) is 11.6 Å². The molecule has 79 heavy (non-hydrogen) atoms. The molecule has 8 nitrogen and oxygen atoms in total.